The molecule has 2 rings (SSSR count). The minimum atomic E-state index is -0.358. The molecular formula is C11H9FN2. The van der Waals surface area contributed by atoms with Gasteiger partial charge in [-0.05, 0) is 25.1 Å². The average molecular weight is 188 g/mol. The van der Waals surface area contributed by atoms with E-state index in [1.165, 1.54) is 12.1 Å². The van der Waals surface area contributed by atoms with E-state index >= 15 is 0 Å². The first-order valence-electron chi connectivity index (χ1n) is 4.44. The Morgan fingerprint density at radius 1 is 1.50 bits per heavy atom. The fourth-order valence-corrected chi connectivity index (χ4v) is 1.66. The second kappa shape index (κ2) is 3.15. The van der Waals surface area contributed by atoms with Crippen LogP contribution in [0.25, 0.3) is 10.9 Å². The van der Waals surface area contributed by atoms with Gasteiger partial charge in [0.2, 0.25) is 0 Å². The van der Waals surface area contributed by atoms with Crippen LogP contribution in [0.4, 0.5) is 4.39 Å². The summed E-state index contributed by atoms with van der Waals surface area (Å²) < 4.78 is 15.0. The molecule has 0 atom stereocenters. The number of nitriles is 1. The van der Waals surface area contributed by atoms with Crippen LogP contribution in [-0.4, -0.2) is 4.57 Å². The summed E-state index contributed by atoms with van der Waals surface area (Å²) in [5.41, 5.74) is 1.21. The zero-order valence-corrected chi connectivity index (χ0v) is 7.79. The number of hydrogen-bond acceptors (Lipinski definition) is 1. The van der Waals surface area contributed by atoms with Crippen molar-refractivity contribution in [1.82, 2.24) is 4.57 Å². The molecule has 14 heavy (non-hydrogen) atoms. The summed E-state index contributed by atoms with van der Waals surface area (Å²) >= 11 is 0. The Morgan fingerprint density at radius 2 is 2.29 bits per heavy atom. The highest BCUT2D eigenvalue weighted by Crippen LogP contribution is 2.21. The lowest BCUT2D eigenvalue weighted by atomic mass is 10.1. The van der Waals surface area contributed by atoms with E-state index in [9.17, 15) is 4.39 Å². The van der Waals surface area contributed by atoms with Gasteiger partial charge in [-0.1, -0.05) is 0 Å². The largest absolute Gasteiger partial charge is 0.347 e. The van der Waals surface area contributed by atoms with E-state index in [1.54, 1.807) is 0 Å². The molecule has 2 aromatic rings. The summed E-state index contributed by atoms with van der Waals surface area (Å²) in [6.07, 6.45) is 1.87. The SMILES string of the molecule is CCn1ccc2cc(F)cc(C#N)c21. The molecule has 0 bridgehead atoms. The van der Waals surface area contributed by atoms with Gasteiger partial charge in [-0.25, -0.2) is 4.39 Å². The molecule has 0 N–H and O–H groups in total. The normalized spacial score (nSPS) is 10.4. The Kier molecular flexibility index (Phi) is 1.97. The highest BCUT2D eigenvalue weighted by Gasteiger charge is 2.07. The van der Waals surface area contributed by atoms with Gasteiger partial charge in [0.25, 0.3) is 0 Å². The third-order valence-corrected chi connectivity index (χ3v) is 2.29. The van der Waals surface area contributed by atoms with Crippen LogP contribution in [0.3, 0.4) is 0 Å². The van der Waals surface area contributed by atoms with Crippen LogP contribution in [0.1, 0.15) is 12.5 Å². The molecule has 0 aliphatic carbocycles. The number of benzene rings is 1. The molecule has 1 heterocycles. The van der Waals surface area contributed by atoms with Crippen molar-refractivity contribution in [3.8, 4) is 6.07 Å². The Hall–Kier alpha value is -1.82. The van der Waals surface area contributed by atoms with Crippen LogP contribution in [-0.2, 0) is 6.54 Å². The molecule has 0 saturated heterocycles. The van der Waals surface area contributed by atoms with E-state index in [4.69, 9.17) is 5.26 Å². The smallest absolute Gasteiger partial charge is 0.125 e. The fraction of sp³-hybridized carbons (Fsp3) is 0.182. The molecule has 0 fully saturated rings. The van der Waals surface area contributed by atoms with Crippen LogP contribution in [0.2, 0.25) is 0 Å². The van der Waals surface area contributed by atoms with Crippen molar-refractivity contribution in [3.63, 3.8) is 0 Å². The van der Waals surface area contributed by atoms with Gasteiger partial charge in [0.05, 0.1) is 11.1 Å². The van der Waals surface area contributed by atoms with Crippen molar-refractivity contribution < 1.29 is 4.39 Å². The Bertz CT molecular complexity index is 520. The van der Waals surface area contributed by atoms with Gasteiger partial charge < -0.3 is 4.57 Å². The lowest BCUT2D eigenvalue weighted by Crippen LogP contribution is -1.93. The van der Waals surface area contributed by atoms with Crippen LogP contribution in [0.15, 0.2) is 24.4 Å². The van der Waals surface area contributed by atoms with E-state index < -0.39 is 0 Å². The summed E-state index contributed by atoms with van der Waals surface area (Å²) in [6.45, 7) is 2.77. The van der Waals surface area contributed by atoms with E-state index in [-0.39, 0.29) is 5.82 Å². The van der Waals surface area contributed by atoms with E-state index in [2.05, 4.69) is 0 Å². The second-order valence-electron chi connectivity index (χ2n) is 3.10. The maximum Gasteiger partial charge on any atom is 0.125 e. The predicted molar refractivity (Wildman–Crippen MR) is 52.3 cm³/mol. The standard InChI is InChI=1S/C11H9FN2/c1-2-14-4-3-8-5-10(12)6-9(7-13)11(8)14/h3-6H,2H2,1H3. The minimum Gasteiger partial charge on any atom is -0.347 e. The molecule has 0 saturated carbocycles. The molecule has 70 valence electrons. The van der Waals surface area contributed by atoms with Crippen molar-refractivity contribution in [2.45, 2.75) is 13.5 Å². The number of nitrogens with zero attached hydrogens (tertiary/aromatic N) is 2. The van der Waals surface area contributed by atoms with Gasteiger partial charge in [-0.3, -0.25) is 0 Å². The number of aryl methyl sites for hydroxylation is 1. The number of rotatable bonds is 1. The Morgan fingerprint density at radius 3 is 2.93 bits per heavy atom. The summed E-state index contributed by atoms with van der Waals surface area (Å²) in [7, 11) is 0. The van der Waals surface area contributed by atoms with Crippen LogP contribution < -0.4 is 0 Å². The molecular weight excluding hydrogens is 179 g/mol. The predicted octanol–water partition coefficient (Wildman–Crippen LogP) is 2.67. The first-order chi connectivity index (χ1) is 6.76. The minimum absolute atomic E-state index is 0.358. The van der Waals surface area contributed by atoms with Crippen molar-refractivity contribution in [3.05, 3.63) is 35.8 Å². The number of aromatic nitrogens is 1. The Labute approximate surface area is 81.2 Å². The van der Waals surface area contributed by atoms with Gasteiger partial charge in [-0.2, -0.15) is 5.26 Å². The van der Waals surface area contributed by atoms with Gasteiger partial charge in [0, 0.05) is 18.1 Å². The monoisotopic (exact) mass is 188 g/mol. The van der Waals surface area contributed by atoms with E-state index in [0.717, 1.165) is 17.4 Å². The van der Waals surface area contributed by atoms with E-state index in [1.807, 2.05) is 29.8 Å². The molecule has 0 radical (unpaired) electrons. The van der Waals surface area contributed by atoms with Crippen molar-refractivity contribution in [2.75, 3.05) is 0 Å². The van der Waals surface area contributed by atoms with Gasteiger partial charge in [-0.15, -0.1) is 0 Å². The molecule has 3 heteroatoms. The molecule has 0 aliphatic rings. The number of halogens is 1. The highest BCUT2D eigenvalue weighted by molar-refractivity contribution is 5.85. The molecule has 0 amide bonds. The summed E-state index contributed by atoms with van der Waals surface area (Å²) in [6, 6.07) is 6.55. The maximum atomic E-state index is 13.0. The Balaban J connectivity index is 2.87. The molecule has 2 nitrogen and oxygen atoms in total. The molecule has 0 aliphatic heterocycles. The van der Waals surface area contributed by atoms with Gasteiger partial charge in [0.15, 0.2) is 0 Å². The molecule has 1 aromatic heterocycles. The zero-order valence-electron chi connectivity index (χ0n) is 7.79. The van der Waals surface area contributed by atoms with Crippen LogP contribution in [0, 0.1) is 17.1 Å². The zero-order chi connectivity index (χ0) is 10.1. The summed E-state index contributed by atoms with van der Waals surface area (Å²) in [5.74, 6) is -0.358. The molecule has 1 aromatic carbocycles. The summed E-state index contributed by atoms with van der Waals surface area (Å²) in [4.78, 5) is 0. The molecule has 0 unspecified atom stereocenters. The number of fused-ring (bicyclic) bond motifs is 1. The summed E-state index contributed by atoms with van der Waals surface area (Å²) in [5, 5.41) is 9.65. The third-order valence-electron chi connectivity index (χ3n) is 2.29. The van der Waals surface area contributed by atoms with E-state index in [0.29, 0.717) is 5.56 Å². The number of hydrogen-bond donors (Lipinski definition) is 0. The van der Waals surface area contributed by atoms with Gasteiger partial charge in [0.1, 0.15) is 11.9 Å². The lowest BCUT2D eigenvalue weighted by molar-refractivity contribution is 0.629. The first kappa shape index (κ1) is 8.76. The van der Waals surface area contributed by atoms with Crippen LogP contribution in [0.5, 0.6) is 0 Å². The molecule has 0 spiro atoms. The van der Waals surface area contributed by atoms with Crippen molar-refractivity contribution >= 4 is 10.9 Å². The van der Waals surface area contributed by atoms with Crippen molar-refractivity contribution in [2.24, 2.45) is 0 Å². The fourth-order valence-electron chi connectivity index (χ4n) is 1.66. The quantitative estimate of drug-likeness (QED) is 0.676. The second-order valence-corrected chi connectivity index (χ2v) is 3.10. The van der Waals surface area contributed by atoms with Crippen LogP contribution >= 0.6 is 0 Å². The maximum absolute atomic E-state index is 13.0. The van der Waals surface area contributed by atoms with Gasteiger partial charge >= 0.3 is 0 Å². The highest BCUT2D eigenvalue weighted by atomic mass is 19.1. The lowest BCUT2D eigenvalue weighted by Gasteiger charge is -2.02. The average Bonchev–Trinajstić information content (AvgIpc) is 2.59. The topological polar surface area (TPSA) is 28.7 Å². The first-order valence-corrected chi connectivity index (χ1v) is 4.44. The third kappa shape index (κ3) is 1.16. The van der Waals surface area contributed by atoms with Crippen molar-refractivity contribution in [1.29, 1.82) is 5.26 Å².